The van der Waals surface area contributed by atoms with Crippen molar-refractivity contribution in [2.45, 2.75) is 25.7 Å². The van der Waals surface area contributed by atoms with Gasteiger partial charge in [-0.25, -0.2) is 0 Å². The van der Waals surface area contributed by atoms with Crippen LogP contribution in [0.1, 0.15) is 36.8 Å². The zero-order valence-electron chi connectivity index (χ0n) is 11.6. The lowest BCUT2D eigenvalue weighted by Crippen LogP contribution is -1.76. The normalized spacial score (nSPS) is 9.00. The van der Waals surface area contributed by atoms with Crippen molar-refractivity contribution in [2.75, 3.05) is 0 Å². The zero-order valence-corrected chi connectivity index (χ0v) is 11.6. The van der Waals surface area contributed by atoms with Crippen molar-refractivity contribution in [1.82, 2.24) is 0 Å². The summed E-state index contributed by atoms with van der Waals surface area (Å²) in [4.78, 5) is 0. The number of unbranched alkanes of at least 4 members (excludes halogenated alkanes) is 3. The standard InChI is InChI=1S/C20H18/c1(3-7-13-19-15-9-5-10-16-19)2-4-8-14-20-17-11-6-12-18-20/h5-6,9-12,15-18H,1-4H2. The smallest absolute Gasteiger partial charge is 0.0245 e. The average molecular weight is 258 g/mol. The summed E-state index contributed by atoms with van der Waals surface area (Å²) in [5, 5.41) is 0. The second-order valence-corrected chi connectivity index (χ2v) is 4.54. The van der Waals surface area contributed by atoms with Gasteiger partial charge in [0.2, 0.25) is 0 Å². The average Bonchev–Trinajstić information content (AvgIpc) is 2.52. The fourth-order valence-electron chi connectivity index (χ4n) is 1.80. The summed E-state index contributed by atoms with van der Waals surface area (Å²) in [7, 11) is 0. The highest BCUT2D eigenvalue weighted by Gasteiger charge is 1.85. The van der Waals surface area contributed by atoms with E-state index in [9.17, 15) is 0 Å². The van der Waals surface area contributed by atoms with Gasteiger partial charge in [-0.1, -0.05) is 60.1 Å². The van der Waals surface area contributed by atoms with Crippen molar-refractivity contribution >= 4 is 0 Å². The summed E-state index contributed by atoms with van der Waals surface area (Å²) in [5.41, 5.74) is 2.19. The molecule has 0 aliphatic heterocycles. The molecule has 98 valence electrons. The Bertz CT molecular complexity index is 556. The monoisotopic (exact) mass is 258 g/mol. The van der Waals surface area contributed by atoms with Gasteiger partial charge < -0.3 is 0 Å². The highest BCUT2D eigenvalue weighted by Crippen LogP contribution is 2.00. The van der Waals surface area contributed by atoms with Crippen LogP contribution in [0.4, 0.5) is 0 Å². The first-order chi connectivity index (χ1) is 9.95. The molecule has 0 saturated carbocycles. The molecule has 0 aliphatic carbocycles. The van der Waals surface area contributed by atoms with E-state index in [1.54, 1.807) is 0 Å². The lowest BCUT2D eigenvalue weighted by Gasteiger charge is -1.90. The van der Waals surface area contributed by atoms with Crippen LogP contribution in [-0.4, -0.2) is 0 Å². The summed E-state index contributed by atoms with van der Waals surface area (Å²) in [6.45, 7) is 0. The molecule has 20 heavy (non-hydrogen) atoms. The Morgan fingerprint density at radius 2 is 0.950 bits per heavy atom. The minimum absolute atomic E-state index is 0.946. The van der Waals surface area contributed by atoms with Gasteiger partial charge in [-0.2, -0.15) is 0 Å². The molecule has 0 unspecified atom stereocenters. The van der Waals surface area contributed by atoms with E-state index in [1.807, 2.05) is 60.7 Å². The van der Waals surface area contributed by atoms with Crippen LogP contribution in [0.15, 0.2) is 60.7 Å². The first-order valence-electron chi connectivity index (χ1n) is 7.03. The fourth-order valence-corrected chi connectivity index (χ4v) is 1.80. The molecular weight excluding hydrogens is 240 g/mol. The molecule has 0 amide bonds. The highest BCUT2D eigenvalue weighted by atomic mass is 13.9. The quantitative estimate of drug-likeness (QED) is 0.555. The van der Waals surface area contributed by atoms with Crippen LogP contribution in [0, 0.1) is 23.7 Å². The number of benzene rings is 2. The summed E-state index contributed by atoms with van der Waals surface area (Å²) in [5.74, 6) is 12.8. The van der Waals surface area contributed by atoms with E-state index < -0.39 is 0 Å². The van der Waals surface area contributed by atoms with Gasteiger partial charge in [-0.15, -0.1) is 0 Å². The molecule has 0 fully saturated rings. The Labute approximate surface area is 121 Å². The van der Waals surface area contributed by atoms with Crippen molar-refractivity contribution in [3.8, 4) is 23.7 Å². The van der Waals surface area contributed by atoms with Crippen LogP contribution in [-0.2, 0) is 0 Å². The Balaban J connectivity index is 1.63. The summed E-state index contributed by atoms with van der Waals surface area (Å²) in [6.07, 6.45) is 4.12. The van der Waals surface area contributed by atoms with Gasteiger partial charge in [0.1, 0.15) is 0 Å². The Kier molecular flexibility index (Phi) is 6.03. The maximum Gasteiger partial charge on any atom is 0.0245 e. The SMILES string of the molecule is C(#Cc1ccccc1)CCCCC#Cc1ccccc1. The molecular formula is C20H18. The second-order valence-electron chi connectivity index (χ2n) is 4.54. The van der Waals surface area contributed by atoms with Crippen molar-refractivity contribution in [2.24, 2.45) is 0 Å². The van der Waals surface area contributed by atoms with Crippen LogP contribution >= 0.6 is 0 Å². The van der Waals surface area contributed by atoms with Crippen LogP contribution in [0.2, 0.25) is 0 Å². The molecule has 2 aromatic rings. The van der Waals surface area contributed by atoms with E-state index in [0.717, 1.165) is 36.8 Å². The van der Waals surface area contributed by atoms with Gasteiger partial charge in [-0.3, -0.25) is 0 Å². The third-order valence-electron chi connectivity index (χ3n) is 2.87. The number of rotatable bonds is 3. The van der Waals surface area contributed by atoms with Gasteiger partial charge >= 0.3 is 0 Å². The number of hydrogen-bond donors (Lipinski definition) is 0. The van der Waals surface area contributed by atoms with Gasteiger partial charge in [0.25, 0.3) is 0 Å². The van der Waals surface area contributed by atoms with Crippen molar-refractivity contribution in [1.29, 1.82) is 0 Å². The Morgan fingerprint density at radius 1 is 0.550 bits per heavy atom. The van der Waals surface area contributed by atoms with E-state index >= 15 is 0 Å². The summed E-state index contributed by atoms with van der Waals surface area (Å²) < 4.78 is 0. The maximum absolute atomic E-state index is 3.21. The van der Waals surface area contributed by atoms with Crippen LogP contribution < -0.4 is 0 Å². The largest absolute Gasteiger partial charge is 0.0979 e. The molecule has 0 heterocycles. The molecule has 0 heteroatoms. The number of hydrogen-bond acceptors (Lipinski definition) is 0. The second kappa shape index (κ2) is 8.63. The summed E-state index contributed by atoms with van der Waals surface area (Å²) in [6, 6.07) is 20.2. The maximum atomic E-state index is 3.21. The van der Waals surface area contributed by atoms with Crippen molar-refractivity contribution < 1.29 is 0 Å². The molecule has 0 aromatic heterocycles. The molecule has 2 rings (SSSR count). The van der Waals surface area contributed by atoms with Crippen molar-refractivity contribution in [3.05, 3.63) is 71.8 Å². The zero-order chi connectivity index (χ0) is 13.9. The first kappa shape index (κ1) is 14.0. The third kappa shape index (κ3) is 5.47. The van der Waals surface area contributed by atoms with E-state index in [4.69, 9.17) is 0 Å². The van der Waals surface area contributed by atoms with Gasteiger partial charge in [-0.05, 0) is 37.1 Å². The van der Waals surface area contributed by atoms with E-state index in [0.29, 0.717) is 0 Å². The summed E-state index contributed by atoms with van der Waals surface area (Å²) >= 11 is 0. The van der Waals surface area contributed by atoms with E-state index in [1.165, 1.54) is 0 Å². The molecule has 0 N–H and O–H groups in total. The Morgan fingerprint density at radius 3 is 1.35 bits per heavy atom. The predicted molar refractivity (Wildman–Crippen MR) is 85.1 cm³/mol. The predicted octanol–water partition coefficient (Wildman–Crippen LogP) is 4.65. The molecule has 0 nitrogen and oxygen atoms in total. The van der Waals surface area contributed by atoms with Gasteiger partial charge in [0.15, 0.2) is 0 Å². The van der Waals surface area contributed by atoms with E-state index in [2.05, 4.69) is 23.7 Å². The molecule has 0 saturated heterocycles. The Hall–Kier alpha value is -2.44. The minimum Gasteiger partial charge on any atom is -0.0979 e. The third-order valence-corrected chi connectivity index (χ3v) is 2.87. The molecule has 2 aromatic carbocycles. The first-order valence-corrected chi connectivity index (χ1v) is 7.03. The molecule has 0 spiro atoms. The molecule has 0 atom stereocenters. The molecule has 0 aliphatic rings. The van der Waals surface area contributed by atoms with Crippen LogP contribution in [0.5, 0.6) is 0 Å². The van der Waals surface area contributed by atoms with Crippen molar-refractivity contribution in [3.63, 3.8) is 0 Å². The van der Waals surface area contributed by atoms with E-state index in [-0.39, 0.29) is 0 Å². The lowest BCUT2D eigenvalue weighted by molar-refractivity contribution is 0.782. The van der Waals surface area contributed by atoms with Crippen LogP contribution in [0.25, 0.3) is 0 Å². The minimum atomic E-state index is 0.946. The fraction of sp³-hybridized carbons (Fsp3) is 0.200. The molecule has 0 bridgehead atoms. The van der Waals surface area contributed by atoms with Crippen LogP contribution in [0.3, 0.4) is 0 Å². The molecule has 0 radical (unpaired) electrons. The van der Waals surface area contributed by atoms with Gasteiger partial charge in [0.05, 0.1) is 0 Å². The van der Waals surface area contributed by atoms with Gasteiger partial charge in [0, 0.05) is 24.0 Å². The highest BCUT2D eigenvalue weighted by molar-refractivity contribution is 5.34. The topological polar surface area (TPSA) is 0 Å². The lowest BCUT2D eigenvalue weighted by atomic mass is 10.1.